The van der Waals surface area contributed by atoms with Crippen LogP contribution in [0.15, 0.2) is 53.5 Å². The molecule has 0 saturated heterocycles. The summed E-state index contributed by atoms with van der Waals surface area (Å²) in [5.74, 6) is 0.451. The monoisotopic (exact) mass is 484 g/mol. The van der Waals surface area contributed by atoms with Crippen LogP contribution in [0.4, 0.5) is 10.7 Å². The van der Waals surface area contributed by atoms with Crippen molar-refractivity contribution in [3.63, 3.8) is 0 Å². The molecule has 1 aliphatic rings. The van der Waals surface area contributed by atoms with Crippen molar-refractivity contribution in [1.82, 2.24) is 0 Å². The number of hydrogen-bond donors (Lipinski definition) is 1. The molecule has 3 nitrogen and oxygen atoms in total. The van der Waals surface area contributed by atoms with Crippen molar-refractivity contribution in [1.29, 1.82) is 0 Å². The topological polar surface area (TPSA) is 41.5 Å². The zero-order chi connectivity index (χ0) is 22.9. The van der Waals surface area contributed by atoms with E-state index in [-0.39, 0.29) is 11.3 Å². The third-order valence-electron chi connectivity index (χ3n) is 6.03. The number of anilines is 1. The molecule has 1 amide bonds. The molecule has 0 aliphatic heterocycles. The second-order valence-electron chi connectivity index (χ2n) is 9.23. The van der Waals surface area contributed by atoms with Crippen LogP contribution in [0.5, 0.6) is 0 Å². The molecule has 1 N–H and O–H groups in total. The van der Waals surface area contributed by atoms with Gasteiger partial charge in [0.2, 0.25) is 0 Å². The maximum atomic E-state index is 13.4. The Hall–Kier alpha value is -2.14. The lowest BCUT2D eigenvalue weighted by Gasteiger charge is -2.33. The van der Waals surface area contributed by atoms with E-state index in [0.717, 1.165) is 35.4 Å². The van der Waals surface area contributed by atoms with Crippen LogP contribution in [0.25, 0.3) is 0 Å². The molecule has 1 atom stereocenters. The summed E-state index contributed by atoms with van der Waals surface area (Å²) in [5.41, 5.74) is 3.58. The number of nitrogens with one attached hydrogen (secondary N) is 1. The smallest absolute Gasteiger partial charge is 0.259 e. The Labute approximate surface area is 203 Å². The minimum absolute atomic E-state index is 0.134. The lowest BCUT2D eigenvalue weighted by atomic mass is 9.72. The summed E-state index contributed by atoms with van der Waals surface area (Å²) < 4.78 is 0. The van der Waals surface area contributed by atoms with Crippen LogP contribution in [0.3, 0.4) is 0 Å². The highest BCUT2D eigenvalue weighted by molar-refractivity contribution is 7.16. The maximum Gasteiger partial charge on any atom is 0.259 e. The van der Waals surface area contributed by atoms with Gasteiger partial charge in [-0.15, -0.1) is 11.3 Å². The average Bonchev–Trinajstić information content (AvgIpc) is 3.12. The van der Waals surface area contributed by atoms with Gasteiger partial charge in [0, 0.05) is 32.4 Å². The molecule has 3 aromatic rings. The predicted molar refractivity (Wildman–Crippen MR) is 137 cm³/mol. The van der Waals surface area contributed by atoms with Crippen molar-refractivity contribution in [2.24, 2.45) is 16.3 Å². The minimum Gasteiger partial charge on any atom is -0.322 e. The molecule has 1 aromatic heterocycles. The normalized spacial score (nSPS) is 16.2. The van der Waals surface area contributed by atoms with Gasteiger partial charge in [-0.1, -0.05) is 62.2 Å². The third-order valence-corrected chi connectivity index (χ3v) is 7.79. The Balaban J connectivity index is 1.71. The van der Waals surface area contributed by atoms with Gasteiger partial charge in [0.1, 0.15) is 5.00 Å². The molecule has 2 aromatic carbocycles. The predicted octanol–water partition coefficient (Wildman–Crippen LogP) is 8.21. The lowest BCUT2D eigenvalue weighted by Crippen LogP contribution is -2.27. The standard InChI is InChI=1S/C26H26Cl2N2OS/c1-26(2,3)17-8-13-20-22(14-17)32-25(29-15-16-6-4-5-7-21(16)28)23(20)24(31)30-19-11-9-18(27)10-12-19/h4-7,9-12,15,17H,8,13-14H2,1-3H3,(H,30,31)/t17-/m0/s1. The van der Waals surface area contributed by atoms with Crippen molar-refractivity contribution in [2.45, 2.75) is 40.0 Å². The van der Waals surface area contributed by atoms with E-state index in [9.17, 15) is 4.79 Å². The van der Waals surface area contributed by atoms with Crippen LogP contribution in [0.1, 0.15) is 53.6 Å². The average molecular weight is 485 g/mol. The first kappa shape index (κ1) is 23.0. The number of hydrogen-bond acceptors (Lipinski definition) is 3. The fraction of sp³-hybridized carbons (Fsp3) is 0.308. The Morgan fingerprint density at radius 3 is 2.53 bits per heavy atom. The fourth-order valence-corrected chi connectivity index (χ4v) is 5.65. The zero-order valence-electron chi connectivity index (χ0n) is 18.4. The molecule has 6 heteroatoms. The van der Waals surface area contributed by atoms with Crippen molar-refractivity contribution in [2.75, 3.05) is 5.32 Å². The summed E-state index contributed by atoms with van der Waals surface area (Å²) >= 11 is 13.9. The number of carbonyl (C=O) groups excluding carboxylic acids is 1. The van der Waals surface area contributed by atoms with E-state index in [1.54, 1.807) is 41.8 Å². The Kier molecular flexibility index (Phi) is 6.75. The molecule has 1 heterocycles. The Morgan fingerprint density at radius 2 is 1.84 bits per heavy atom. The van der Waals surface area contributed by atoms with Gasteiger partial charge in [-0.2, -0.15) is 0 Å². The Bertz CT molecular complexity index is 1160. The fourth-order valence-electron chi connectivity index (χ4n) is 4.07. The Morgan fingerprint density at radius 1 is 1.12 bits per heavy atom. The second kappa shape index (κ2) is 9.38. The highest BCUT2D eigenvalue weighted by Gasteiger charge is 2.33. The van der Waals surface area contributed by atoms with Crippen LogP contribution in [-0.2, 0) is 12.8 Å². The van der Waals surface area contributed by atoms with Crippen LogP contribution in [0.2, 0.25) is 10.0 Å². The van der Waals surface area contributed by atoms with E-state index in [1.165, 1.54) is 4.88 Å². The van der Waals surface area contributed by atoms with Gasteiger partial charge in [0.25, 0.3) is 5.91 Å². The number of carbonyl (C=O) groups is 1. The number of halogens is 2. The van der Waals surface area contributed by atoms with Gasteiger partial charge in [0.05, 0.1) is 5.56 Å². The minimum atomic E-state index is -0.134. The van der Waals surface area contributed by atoms with Crippen LogP contribution in [0, 0.1) is 11.3 Å². The van der Waals surface area contributed by atoms with Crippen molar-refractivity contribution in [3.05, 3.63) is 80.1 Å². The number of benzene rings is 2. The lowest BCUT2D eigenvalue weighted by molar-refractivity contribution is 0.102. The van der Waals surface area contributed by atoms with E-state index in [0.29, 0.717) is 27.2 Å². The SMILES string of the molecule is CC(C)(C)[C@H]1CCc2c(sc(N=Cc3ccccc3Cl)c2C(=O)Nc2ccc(Cl)cc2)C1. The van der Waals surface area contributed by atoms with Crippen molar-refractivity contribution >= 4 is 57.3 Å². The van der Waals surface area contributed by atoms with Crippen molar-refractivity contribution in [3.8, 4) is 0 Å². The number of rotatable bonds is 4. The highest BCUT2D eigenvalue weighted by atomic mass is 35.5. The number of aliphatic imine (C=N–C) groups is 1. The molecular formula is C26H26Cl2N2OS. The number of thiophene rings is 1. The van der Waals surface area contributed by atoms with Gasteiger partial charge in [-0.25, -0.2) is 4.99 Å². The summed E-state index contributed by atoms with van der Waals surface area (Å²) in [7, 11) is 0. The van der Waals surface area contributed by atoms with Crippen LogP contribution < -0.4 is 5.32 Å². The molecule has 1 aliphatic carbocycles. The molecule has 166 valence electrons. The maximum absolute atomic E-state index is 13.4. The summed E-state index contributed by atoms with van der Waals surface area (Å²) in [6, 6.07) is 14.7. The van der Waals surface area contributed by atoms with Gasteiger partial charge in [-0.05, 0) is 66.5 Å². The zero-order valence-corrected chi connectivity index (χ0v) is 20.7. The van der Waals surface area contributed by atoms with E-state index < -0.39 is 0 Å². The number of fused-ring (bicyclic) bond motifs is 1. The molecular weight excluding hydrogens is 459 g/mol. The first-order valence-electron chi connectivity index (χ1n) is 10.7. The number of amides is 1. The van der Waals surface area contributed by atoms with Gasteiger partial charge >= 0.3 is 0 Å². The highest BCUT2D eigenvalue weighted by Crippen LogP contribution is 2.45. The second-order valence-corrected chi connectivity index (χ2v) is 11.2. The summed E-state index contributed by atoms with van der Waals surface area (Å²) in [4.78, 5) is 19.4. The molecule has 4 rings (SSSR count). The van der Waals surface area contributed by atoms with Crippen LogP contribution >= 0.6 is 34.5 Å². The van der Waals surface area contributed by atoms with Crippen molar-refractivity contribution < 1.29 is 4.79 Å². The summed E-state index contributed by atoms with van der Waals surface area (Å²) in [6.07, 6.45) is 4.69. The van der Waals surface area contributed by atoms with E-state index in [2.05, 4.69) is 26.1 Å². The molecule has 0 unspecified atom stereocenters. The van der Waals surface area contributed by atoms with E-state index >= 15 is 0 Å². The van der Waals surface area contributed by atoms with E-state index in [1.807, 2.05) is 24.3 Å². The van der Waals surface area contributed by atoms with Gasteiger partial charge < -0.3 is 5.32 Å². The molecule has 0 bridgehead atoms. The molecule has 0 spiro atoms. The van der Waals surface area contributed by atoms with Crippen LogP contribution in [-0.4, -0.2) is 12.1 Å². The third kappa shape index (κ3) is 5.09. The quantitative estimate of drug-likeness (QED) is 0.372. The molecule has 32 heavy (non-hydrogen) atoms. The first-order chi connectivity index (χ1) is 15.2. The summed E-state index contributed by atoms with van der Waals surface area (Å²) in [6.45, 7) is 6.88. The van der Waals surface area contributed by atoms with Gasteiger partial charge in [-0.3, -0.25) is 4.79 Å². The largest absolute Gasteiger partial charge is 0.322 e. The van der Waals surface area contributed by atoms with Gasteiger partial charge in [0.15, 0.2) is 0 Å². The molecule has 0 saturated carbocycles. The summed E-state index contributed by atoms with van der Waals surface area (Å²) in [5, 5.41) is 5.02. The molecule has 0 radical (unpaired) electrons. The van der Waals surface area contributed by atoms with E-state index in [4.69, 9.17) is 28.2 Å². The number of nitrogens with zero attached hydrogens (tertiary/aromatic N) is 1. The molecule has 0 fully saturated rings. The first-order valence-corrected chi connectivity index (χ1v) is 12.3.